The standard InChI is InChI=1S/C32H45N/c1-22(2)30-11-7-5-9-25(30)14-13-24-19-27-15-16-28(21-29(27)20-24)32-18-17-26-10-6-8-12-31(26)33(32)23(3)4/h6,8,10,12,15-16,21-25,30,32H,5,7,9,11,13-14,17-20H2,1-4H3. The fourth-order valence-corrected chi connectivity index (χ4v) is 7.60. The van der Waals surface area contributed by atoms with Gasteiger partial charge in [0.15, 0.2) is 0 Å². The van der Waals surface area contributed by atoms with E-state index in [0.717, 1.165) is 23.7 Å². The Morgan fingerprint density at radius 2 is 1.61 bits per heavy atom. The number of aryl methyl sites for hydroxylation is 1. The van der Waals surface area contributed by atoms with Gasteiger partial charge < -0.3 is 4.90 Å². The summed E-state index contributed by atoms with van der Waals surface area (Å²) in [6.07, 6.45) is 13.9. The molecule has 0 spiro atoms. The highest BCUT2D eigenvalue weighted by molar-refractivity contribution is 5.58. The van der Waals surface area contributed by atoms with Gasteiger partial charge in [-0.3, -0.25) is 0 Å². The number of hydrogen-bond acceptors (Lipinski definition) is 1. The maximum absolute atomic E-state index is 2.68. The maximum Gasteiger partial charge on any atom is 0.0548 e. The second kappa shape index (κ2) is 9.85. The highest BCUT2D eigenvalue weighted by Crippen LogP contribution is 2.43. The van der Waals surface area contributed by atoms with Crippen LogP contribution in [-0.4, -0.2) is 6.04 Å². The molecule has 0 N–H and O–H groups in total. The minimum Gasteiger partial charge on any atom is -0.362 e. The SMILES string of the molecule is CC(C)C1CCCCC1CCC1Cc2ccc(C3CCc4ccccc4N3C(C)C)cc2C1. The molecule has 4 atom stereocenters. The molecule has 1 saturated carbocycles. The number of anilines is 1. The summed E-state index contributed by atoms with van der Waals surface area (Å²) in [4.78, 5) is 2.68. The van der Waals surface area contributed by atoms with Crippen LogP contribution >= 0.6 is 0 Å². The Morgan fingerprint density at radius 1 is 0.818 bits per heavy atom. The summed E-state index contributed by atoms with van der Waals surface area (Å²) < 4.78 is 0. The van der Waals surface area contributed by atoms with Crippen molar-refractivity contribution < 1.29 is 0 Å². The highest BCUT2D eigenvalue weighted by atomic mass is 15.2. The van der Waals surface area contributed by atoms with E-state index in [-0.39, 0.29) is 0 Å². The first kappa shape index (κ1) is 23.0. The maximum atomic E-state index is 2.68. The van der Waals surface area contributed by atoms with Crippen LogP contribution < -0.4 is 4.90 Å². The molecule has 2 aliphatic carbocycles. The van der Waals surface area contributed by atoms with Gasteiger partial charge in [0.25, 0.3) is 0 Å². The normalized spacial score (nSPS) is 27.2. The van der Waals surface area contributed by atoms with E-state index in [9.17, 15) is 0 Å². The summed E-state index contributed by atoms with van der Waals surface area (Å²) in [5.74, 6) is 3.70. The number of hydrogen-bond donors (Lipinski definition) is 0. The molecule has 1 fully saturated rings. The van der Waals surface area contributed by atoms with Crippen LogP contribution in [0.2, 0.25) is 0 Å². The van der Waals surface area contributed by atoms with Crippen LogP contribution in [-0.2, 0) is 19.3 Å². The molecule has 2 aromatic carbocycles. The van der Waals surface area contributed by atoms with Gasteiger partial charge in [0.2, 0.25) is 0 Å². The third-order valence-electron chi connectivity index (χ3n) is 9.25. The zero-order valence-corrected chi connectivity index (χ0v) is 21.5. The molecule has 0 aromatic heterocycles. The van der Waals surface area contributed by atoms with E-state index in [1.807, 2.05) is 0 Å². The van der Waals surface area contributed by atoms with Crippen molar-refractivity contribution in [2.24, 2.45) is 23.7 Å². The van der Waals surface area contributed by atoms with E-state index in [1.165, 1.54) is 75.5 Å². The fourth-order valence-electron chi connectivity index (χ4n) is 7.60. The summed E-state index contributed by atoms with van der Waals surface area (Å²) in [5.41, 5.74) is 7.81. The van der Waals surface area contributed by atoms with Crippen molar-refractivity contribution in [1.82, 2.24) is 0 Å². The summed E-state index contributed by atoms with van der Waals surface area (Å²) in [5, 5.41) is 0. The molecule has 0 saturated heterocycles. The molecule has 5 rings (SSSR count). The molecule has 1 nitrogen and oxygen atoms in total. The average molecular weight is 444 g/mol. The smallest absolute Gasteiger partial charge is 0.0548 e. The topological polar surface area (TPSA) is 3.24 Å². The van der Waals surface area contributed by atoms with Crippen molar-refractivity contribution >= 4 is 5.69 Å². The van der Waals surface area contributed by atoms with Crippen LogP contribution in [0.15, 0.2) is 42.5 Å². The monoisotopic (exact) mass is 443 g/mol. The molecule has 1 aliphatic heterocycles. The Kier molecular flexibility index (Phi) is 6.86. The van der Waals surface area contributed by atoms with E-state index in [2.05, 4.69) is 75.1 Å². The van der Waals surface area contributed by atoms with Crippen LogP contribution in [0.5, 0.6) is 0 Å². The van der Waals surface area contributed by atoms with Gasteiger partial charge in [-0.15, -0.1) is 0 Å². The predicted octanol–water partition coefficient (Wildman–Crippen LogP) is 8.55. The van der Waals surface area contributed by atoms with Crippen LogP contribution in [0.4, 0.5) is 5.69 Å². The van der Waals surface area contributed by atoms with Crippen molar-refractivity contribution in [3.63, 3.8) is 0 Å². The molecule has 4 unspecified atom stereocenters. The summed E-state index contributed by atoms with van der Waals surface area (Å²) >= 11 is 0. The lowest BCUT2D eigenvalue weighted by molar-refractivity contribution is 0.162. The van der Waals surface area contributed by atoms with Gasteiger partial charge in [0, 0.05) is 11.7 Å². The first-order valence-electron chi connectivity index (χ1n) is 14.0. The summed E-state index contributed by atoms with van der Waals surface area (Å²) in [6.45, 7) is 9.63. The van der Waals surface area contributed by atoms with Gasteiger partial charge in [0.1, 0.15) is 0 Å². The molecule has 3 aliphatic rings. The van der Waals surface area contributed by atoms with E-state index >= 15 is 0 Å². The second-order valence-electron chi connectivity index (χ2n) is 12.0. The van der Waals surface area contributed by atoms with Crippen LogP contribution in [0, 0.1) is 23.7 Å². The van der Waals surface area contributed by atoms with Crippen molar-refractivity contribution in [3.05, 3.63) is 64.7 Å². The largest absolute Gasteiger partial charge is 0.362 e. The molecule has 0 radical (unpaired) electrons. The zero-order valence-electron chi connectivity index (χ0n) is 21.5. The van der Waals surface area contributed by atoms with Crippen LogP contribution in [0.3, 0.4) is 0 Å². The van der Waals surface area contributed by atoms with Crippen molar-refractivity contribution in [2.75, 3.05) is 4.90 Å². The van der Waals surface area contributed by atoms with Gasteiger partial charge in [-0.2, -0.15) is 0 Å². The van der Waals surface area contributed by atoms with Gasteiger partial charge in [0.05, 0.1) is 6.04 Å². The van der Waals surface area contributed by atoms with E-state index in [1.54, 1.807) is 16.7 Å². The fraction of sp³-hybridized carbons (Fsp3) is 0.625. The Bertz CT molecular complexity index is 941. The lowest BCUT2D eigenvalue weighted by Gasteiger charge is -2.42. The van der Waals surface area contributed by atoms with Gasteiger partial charge in [-0.05, 0) is 111 Å². The molecular weight excluding hydrogens is 398 g/mol. The third kappa shape index (κ3) is 4.75. The molecule has 178 valence electrons. The van der Waals surface area contributed by atoms with Crippen LogP contribution in [0.1, 0.15) is 101 Å². The number of para-hydroxylation sites is 1. The minimum atomic E-state index is 0.512. The van der Waals surface area contributed by atoms with E-state index in [4.69, 9.17) is 0 Å². The summed E-state index contributed by atoms with van der Waals surface area (Å²) in [6, 6.07) is 17.6. The van der Waals surface area contributed by atoms with E-state index in [0.29, 0.717) is 12.1 Å². The van der Waals surface area contributed by atoms with Crippen molar-refractivity contribution in [3.8, 4) is 0 Å². The molecule has 1 heterocycles. The van der Waals surface area contributed by atoms with E-state index < -0.39 is 0 Å². The average Bonchev–Trinajstić information content (AvgIpc) is 3.24. The molecule has 0 bridgehead atoms. The quantitative estimate of drug-likeness (QED) is 0.432. The van der Waals surface area contributed by atoms with Gasteiger partial charge >= 0.3 is 0 Å². The van der Waals surface area contributed by atoms with Crippen molar-refractivity contribution in [2.45, 2.75) is 104 Å². The minimum absolute atomic E-state index is 0.512. The summed E-state index contributed by atoms with van der Waals surface area (Å²) in [7, 11) is 0. The first-order chi connectivity index (χ1) is 16.0. The van der Waals surface area contributed by atoms with Gasteiger partial charge in [-0.25, -0.2) is 0 Å². The number of nitrogens with zero attached hydrogens (tertiary/aromatic N) is 1. The lowest BCUT2D eigenvalue weighted by Crippen LogP contribution is -2.38. The molecule has 2 aromatic rings. The number of rotatable bonds is 6. The predicted molar refractivity (Wildman–Crippen MR) is 142 cm³/mol. The van der Waals surface area contributed by atoms with Gasteiger partial charge in [-0.1, -0.05) is 69.5 Å². The number of fused-ring (bicyclic) bond motifs is 2. The second-order valence-corrected chi connectivity index (χ2v) is 12.0. The Hall–Kier alpha value is -1.76. The zero-order chi connectivity index (χ0) is 22.9. The van der Waals surface area contributed by atoms with Crippen molar-refractivity contribution in [1.29, 1.82) is 0 Å². The molecule has 1 heteroatoms. The Morgan fingerprint density at radius 3 is 2.42 bits per heavy atom. The molecular formula is C32H45N. The Labute approximate surface area is 203 Å². The molecule has 33 heavy (non-hydrogen) atoms. The first-order valence-corrected chi connectivity index (χ1v) is 14.0. The van der Waals surface area contributed by atoms with Crippen LogP contribution in [0.25, 0.3) is 0 Å². The highest BCUT2D eigenvalue weighted by Gasteiger charge is 2.32. The lowest BCUT2D eigenvalue weighted by atomic mass is 9.71. The Balaban J connectivity index is 1.27. The molecule has 0 amide bonds. The number of benzene rings is 2. The third-order valence-corrected chi connectivity index (χ3v) is 9.25.